The number of carboxylic acid groups (broad SMARTS) is 4. The van der Waals surface area contributed by atoms with Gasteiger partial charge in [-0.1, -0.05) is 0 Å². The van der Waals surface area contributed by atoms with E-state index in [1.807, 2.05) is 0 Å². The minimum atomic E-state index is -0.869. The topological polar surface area (TPSA) is 211 Å². The molecular weight excluding hydrogens is 624 g/mol. The van der Waals surface area contributed by atoms with Gasteiger partial charge in [0.2, 0.25) is 0 Å². The Morgan fingerprint density at radius 3 is 0.689 bits per heavy atom. The number of epoxide rings is 4. The third-order valence-electron chi connectivity index (χ3n) is 13.6. The summed E-state index contributed by atoms with van der Waals surface area (Å²) in [6.45, 7) is 0. The van der Waals surface area contributed by atoms with E-state index >= 15 is 0 Å². The average molecular weight is 660 g/mol. The summed E-state index contributed by atoms with van der Waals surface area (Å²) in [4.78, 5) is 42.4. The summed E-state index contributed by atoms with van der Waals surface area (Å²) in [6, 6.07) is 0. The van der Waals surface area contributed by atoms with Crippen LogP contribution in [0.3, 0.4) is 0 Å². The molecule has 8 saturated carbocycles. The summed E-state index contributed by atoms with van der Waals surface area (Å²) in [5.41, 5.74) is 0. The Kier molecular flexibility index (Phi) is 7.33. The van der Waals surface area contributed by atoms with Crippen LogP contribution in [0.25, 0.3) is 0 Å². The Hall–Kier alpha value is -1.57. The molecule has 0 aromatic carbocycles. The molecule has 13 heteroatoms. The molecule has 4 heterocycles. The molecule has 20 atom stereocenters. The van der Waals surface area contributed by atoms with Crippen LogP contribution in [0.15, 0.2) is 0 Å². The summed E-state index contributed by atoms with van der Waals surface area (Å²) in [7, 11) is 0. The second-order valence-electron chi connectivity index (χ2n) is 15.5. The molecule has 0 amide bonds. The molecule has 8 aliphatic carbocycles. The number of carbonyl (C=O) groups is 4. The van der Waals surface area contributed by atoms with E-state index in [1.165, 1.54) is 0 Å². The molecule has 4 aliphatic heterocycles. The van der Waals surface area contributed by atoms with Gasteiger partial charge in [-0.2, -0.15) is 0 Å². The van der Waals surface area contributed by atoms with Crippen LogP contribution >= 0.6 is 0 Å². The zero-order chi connectivity index (χ0) is 30.3. The monoisotopic (exact) mass is 660 g/mol. The molecule has 0 N–H and O–H groups in total. The maximum absolute atomic E-state index is 10.6. The number of carboxylic acids is 4. The summed E-state index contributed by atoms with van der Waals surface area (Å²) < 4.78 is 21.3. The van der Waals surface area contributed by atoms with Crippen LogP contribution in [0.5, 0.6) is 0 Å². The van der Waals surface area contributed by atoms with Crippen LogP contribution in [0.1, 0.15) is 51.4 Å². The Labute approximate surface area is 274 Å². The summed E-state index contributed by atoms with van der Waals surface area (Å²) in [5.74, 6) is -1.01. The largest absolute Gasteiger partial charge is 4.00 e. The van der Waals surface area contributed by atoms with E-state index in [1.54, 1.807) is 0 Å². The van der Waals surface area contributed by atoms with Crippen LogP contribution in [-0.4, -0.2) is 72.7 Å². The van der Waals surface area contributed by atoms with Crippen LogP contribution in [-0.2, 0) is 59.8 Å². The van der Waals surface area contributed by atoms with Crippen molar-refractivity contribution < 1.29 is 80.3 Å². The Morgan fingerprint density at radius 1 is 0.356 bits per heavy atom. The number of fused-ring (bicyclic) bond motifs is 20. The fraction of sp³-hybridized carbons (Fsp3) is 0.875. The minimum absolute atomic E-state index is 0. The molecule has 240 valence electrons. The number of aliphatic carboxylic acids is 4. The molecule has 12 rings (SSSR count). The van der Waals surface area contributed by atoms with E-state index in [0.717, 1.165) is 51.4 Å². The van der Waals surface area contributed by atoms with Crippen molar-refractivity contribution >= 4 is 23.9 Å². The quantitative estimate of drug-likeness (QED) is 0.214. The van der Waals surface area contributed by atoms with E-state index in [4.69, 9.17) is 18.9 Å². The fourth-order valence-corrected chi connectivity index (χ4v) is 11.5. The van der Waals surface area contributed by atoms with E-state index in [-0.39, 0.29) is 93.5 Å². The second-order valence-corrected chi connectivity index (χ2v) is 15.5. The van der Waals surface area contributed by atoms with E-state index < -0.39 is 23.9 Å². The van der Waals surface area contributed by atoms with E-state index in [0.29, 0.717) is 48.1 Å². The van der Waals surface area contributed by atoms with Crippen molar-refractivity contribution in [3.63, 3.8) is 0 Å². The van der Waals surface area contributed by atoms with Gasteiger partial charge in [-0.05, 0) is 98.7 Å². The first-order valence-corrected chi connectivity index (χ1v) is 16.5. The normalized spacial score (nSPS) is 56.4. The SMILES string of the molecule is O=C([O-])C1CC2CC1C1OC21.O=C([O-])C1CC2CC1C1OC21.O=C([O-])C1CC2CC1C1OC21.O=C([O-])C1CC2CC1C1OC21.[Ti+4]. The Morgan fingerprint density at radius 2 is 0.556 bits per heavy atom. The second kappa shape index (κ2) is 10.7. The molecule has 4 saturated heterocycles. The van der Waals surface area contributed by atoms with E-state index in [9.17, 15) is 39.6 Å². The number of rotatable bonds is 4. The van der Waals surface area contributed by atoms with Crippen LogP contribution in [0, 0.1) is 71.0 Å². The molecule has 12 nitrogen and oxygen atoms in total. The van der Waals surface area contributed by atoms with Gasteiger partial charge < -0.3 is 58.6 Å². The van der Waals surface area contributed by atoms with Crippen LogP contribution < -0.4 is 20.4 Å². The fourth-order valence-electron chi connectivity index (χ4n) is 11.5. The van der Waals surface area contributed by atoms with Gasteiger partial charge >= 0.3 is 21.7 Å². The zero-order valence-corrected chi connectivity index (χ0v) is 26.2. The molecule has 12 aliphatic rings. The van der Waals surface area contributed by atoms with Gasteiger partial charge in [0.1, 0.15) is 0 Å². The van der Waals surface area contributed by atoms with Crippen molar-refractivity contribution in [1.82, 2.24) is 0 Å². The summed E-state index contributed by atoms with van der Waals surface area (Å²) in [6.07, 6.45) is 10.3. The first-order chi connectivity index (χ1) is 21.1. The maximum Gasteiger partial charge on any atom is 4.00 e. The third-order valence-corrected chi connectivity index (χ3v) is 13.6. The molecular formula is C32H36O12Ti. The number of hydrogen-bond acceptors (Lipinski definition) is 12. The van der Waals surface area contributed by atoms with Gasteiger partial charge in [0.15, 0.2) is 0 Å². The zero-order valence-electron chi connectivity index (χ0n) is 24.6. The van der Waals surface area contributed by atoms with Gasteiger partial charge in [-0.15, -0.1) is 0 Å². The van der Waals surface area contributed by atoms with Crippen molar-refractivity contribution in [3.05, 3.63) is 0 Å². The van der Waals surface area contributed by atoms with Crippen LogP contribution in [0.4, 0.5) is 0 Å². The molecule has 8 bridgehead atoms. The molecule has 0 aromatic heterocycles. The Bertz CT molecular complexity index is 1100. The molecule has 0 spiro atoms. The number of ether oxygens (including phenoxy) is 4. The van der Waals surface area contributed by atoms with Crippen molar-refractivity contribution in [2.75, 3.05) is 0 Å². The van der Waals surface area contributed by atoms with Gasteiger partial charge in [0.25, 0.3) is 0 Å². The minimum Gasteiger partial charge on any atom is -0.550 e. The predicted octanol–water partition coefficient (Wildman–Crippen LogP) is -3.36. The predicted molar refractivity (Wildman–Crippen MR) is 133 cm³/mol. The van der Waals surface area contributed by atoms with Crippen molar-refractivity contribution in [3.8, 4) is 0 Å². The first-order valence-electron chi connectivity index (χ1n) is 16.5. The third kappa shape index (κ3) is 4.95. The number of carbonyl (C=O) groups excluding carboxylic acids is 4. The summed E-state index contributed by atoms with van der Waals surface area (Å²) in [5, 5.41) is 42.4. The molecule has 0 aromatic rings. The Balaban J connectivity index is 0.0000000884. The molecule has 45 heavy (non-hydrogen) atoms. The van der Waals surface area contributed by atoms with Gasteiger partial charge in [-0.3, -0.25) is 0 Å². The maximum atomic E-state index is 10.6. The van der Waals surface area contributed by atoms with Crippen molar-refractivity contribution in [2.45, 2.75) is 100 Å². The van der Waals surface area contributed by atoms with E-state index in [2.05, 4.69) is 0 Å². The standard InChI is InChI=1S/4C8H10O3.Ti/c4*9-8(10)5-2-3-1-4(5)7-6(3)11-7;/h4*3-7H,1-2H2,(H,9,10);/q;;;;+4/p-4. The average Bonchev–Trinajstić information content (AvgIpc) is 3.99. The van der Waals surface area contributed by atoms with Crippen LogP contribution in [0.2, 0.25) is 0 Å². The smallest absolute Gasteiger partial charge is 0.550 e. The molecule has 20 unspecified atom stereocenters. The van der Waals surface area contributed by atoms with Crippen molar-refractivity contribution in [1.29, 1.82) is 0 Å². The summed E-state index contributed by atoms with van der Waals surface area (Å²) >= 11 is 0. The first kappa shape index (κ1) is 30.7. The molecule has 12 fully saturated rings. The van der Waals surface area contributed by atoms with Gasteiger partial charge in [0, 0.05) is 47.5 Å². The van der Waals surface area contributed by atoms with Gasteiger partial charge in [-0.25, -0.2) is 0 Å². The molecule has 0 radical (unpaired) electrons. The van der Waals surface area contributed by atoms with Gasteiger partial charge in [0.05, 0.1) is 48.8 Å². The number of hydrogen-bond donors (Lipinski definition) is 0. The van der Waals surface area contributed by atoms with Crippen molar-refractivity contribution in [2.24, 2.45) is 71.0 Å².